The molecule has 0 unspecified atom stereocenters. The molecule has 3 saturated carbocycles. The van der Waals surface area contributed by atoms with Crippen molar-refractivity contribution >= 4 is 5.78 Å². The van der Waals surface area contributed by atoms with Crippen molar-refractivity contribution in [1.82, 2.24) is 0 Å². The zero-order valence-electron chi connectivity index (χ0n) is 6.86. The first-order chi connectivity index (χ1) is 5.29. The summed E-state index contributed by atoms with van der Waals surface area (Å²) in [5.41, 5.74) is 0.813. The Labute approximate surface area is 67.2 Å². The van der Waals surface area contributed by atoms with Gasteiger partial charge in [0.2, 0.25) is 0 Å². The SMILES string of the molecule is O=C1CCCC23CCC12CC3. The molecule has 0 heterocycles. The Morgan fingerprint density at radius 1 is 1.00 bits per heavy atom. The van der Waals surface area contributed by atoms with E-state index in [2.05, 4.69) is 0 Å². The lowest BCUT2D eigenvalue weighted by molar-refractivity contribution is -0.203. The largest absolute Gasteiger partial charge is 0.299 e. The fraction of sp³-hybridized carbons (Fsp3) is 0.900. The van der Waals surface area contributed by atoms with Crippen molar-refractivity contribution in [2.24, 2.45) is 10.8 Å². The molecule has 0 aromatic rings. The summed E-state index contributed by atoms with van der Waals surface area (Å²) in [6.45, 7) is 0. The first-order valence-corrected chi connectivity index (χ1v) is 4.83. The monoisotopic (exact) mass is 150 g/mol. The maximum absolute atomic E-state index is 11.6. The van der Waals surface area contributed by atoms with E-state index in [4.69, 9.17) is 0 Å². The number of Topliss-reactive ketones (excluding diaryl/α,β-unsaturated/α-hetero) is 1. The van der Waals surface area contributed by atoms with Gasteiger partial charge in [-0.05, 0) is 43.9 Å². The van der Waals surface area contributed by atoms with Crippen molar-refractivity contribution in [1.29, 1.82) is 0 Å². The van der Waals surface area contributed by atoms with Gasteiger partial charge in [0.1, 0.15) is 5.78 Å². The summed E-state index contributed by atoms with van der Waals surface area (Å²) in [5.74, 6) is 0.612. The molecule has 0 bridgehead atoms. The van der Waals surface area contributed by atoms with E-state index in [9.17, 15) is 4.79 Å². The lowest BCUT2D eigenvalue weighted by Gasteiger charge is -2.69. The van der Waals surface area contributed by atoms with Gasteiger partial charge in [-0.15, -0.1) is 0 Å². The summed E-state index contributed by atoms with van der Waals surface area (Å²) < 4.78 is 0. The standard InChI is InChI=1S/C10H14O/c11-8-2-1-3-9-4-6-10(8,9)7-5-9/h1-7H2. The van der Waals surface area contributed by atoms with Crippen LogP contribution in [-0.4, -0.2) is 5.78 Å². The van der Waals surface area contributed by atoms with Crippen LogP contribution >= 0.6 is 0 Å². The smallest absolute Gasteiger partial charge is 0.139 e. The molecule has 0 atom stereocenters. The Morgan fingerprint density at radius 2 is 1.73 bits per heavy atom. The fourth-order valence-corrected chi connectivity index (χ4v) is 3.70. The number of rotatable bonds is 0. The lowest BCUT2D eigenvalue weighted by atomic mass is 9.33. The highest BCUT2D eigenvalue weighted by atomic mass is 16.1. The number of carbonyl (C=O) groups is 1. The molecule has 3 aliphatic rings. The number of ketones is 1. The summed E-state index contributed by atoms with van der Waals surface area (Å²) in [7, 11) is 0. The van der Waals surface area contributed by atoms with Crippen molar-refractivity contribution in [2.45, 2.75) is 44.9 Å². The van der Waals surface area contributed by atoms with Gasteiger partial charge in [-0.2, -0.15) is 0 Å². The summed E-state index contributed by atoms with van der Waals surface area (Å²) in [6, 6.07) is 0. The first kappa shape index (κ1) is 6.22. The zero-order valence-corrected chi connectivity index (χ0v) is 6.86. The summed E-state index contributed by atoms with van der Waals surface area (Å²) in [4.78, 5) is 11.6. The van der Waals surface area contributed by atoms with Crippen molar-refractivity contribution in [3.05, 3.63) is 0 Å². The van der Waals surface area contributed by atoms with Crippen LogP contribution in [0.15, 0.2) is 0 Å². The Kier molecular flexibility index (Phi) is 0.875. The molecule has 60 valence electrons. The van der Waals surface area contributed by atoms with Gasteiger partial charge in [-0.1, -0.05) is 0 Å². The maximum Gasteiger partial charge on any atom is 0.139 e. The van der Waals surface area contributed by atoms with Gasteiger partial charge in [-0.25, -0.2) is 0 Å². The Balaban J connectivity index is 2.02. The topological polar surface area (TPSA) is 17.1 Å². The van der Waals surface area contributed by atoms with E-state index >= 15 is 0 Å². The molecule has 1 heteroatoms. The van der Waals surface area contributed by atoms with E-state index in [1.807, 2.05) is 0 Å². The summed E-state index contributed by atoms with van der Waals surface area (Å²) in [5, 5.41) is 0. The Hall–Kier alpha value is -0.330. The minimum atomic E-state index is 0.255. The van der Waals surface area contributed by atoms with Crippen molar-refractivity contribution < 1.29 is 4.79 Å². The van der Waals surface area contributed by atoms with E-state index in [0.717, 1.165) is 6.42 Å². The number of hydrogen-bond donors (Lipinski definition) is 0. The average molecular weight is 150 g/mol. The highest BCUT2D eigenvalue weighted by Gasteiger charge is 2.69. The fourth-order valence-electron chi connectivity index (χ4n) is 3.70. The van der Waals surface area contributed by atoms with Crippen LogP contribution in [0.25, 0.3) is 0 Å². The molecule has 0 aromatic carbocycles. The number of carbonyl (C=O) groups excluding carboxylic acids is 1. The molecule has 3 fully saturated rings. The minimum Gasteiger partial charge on any atom is -0.299 e. The van der Waals surface area contributed by atoms with E-state index in [1.54, 1.807) is 0 Å². The maximum atomic E-state index is 11.6. The second-order valence-electron chi connectivity index (χ2n) is 4.64. The van der Waals surface area contributed by atoms with Gasteiger partial charge in [0.05, 0.1) is 0 Å². The van der Waals surface area contributed by atoms with Gasteiger partial charge >= 0.3 is 0 Å². The van der Waals surface area contributed by atoms with E-state index in [0.29, 0.717) is 11.2 Å². The number of hydrogen-bond acceptors (Lipinski definition) is 1. The Morgan fingerprint density at radius 3 is 2.09 bits per heavy atom. The highest BCUT2D eigenvalue weighted by molar-refractivity contribution is 5.89. The van der Waals surface area contributed by atoms with Gasteiger partial charge in [-0.3, -0.25) is 4.79 Å². The highest BCUT2D eigenvalue weighted by Crippen LogP contribution is 2.74. The van der Waals surface area contributed by atoms with Crippen molar-refractivity contribution in [3.63, 3.8) is 0 Å². The molecule has 0 radical (unpaired) electrons. The van der Waals surface area contributed by atoms with Crippen LogP contribution < -0.4 is 0 Å². The molecule has 0 aliphatic heterocycles. The minimum absolute atomic E-state index is 0.255. The molecular formula is C10H14O. The normalized spacial score (nSPS) is 53.6. The van der Waals surface area contributed by atoms with Crippen LogP contribution in [-0.2, 0) is 4.79 Å². The van der Waals surface area contributed by atoms with E-state index < -0.39 is 0 Å². The van der Waals surface area contributed by atoms with Gasteiger partial charge in [0.25, 0.3) is 0 Å². The summed E-state index contributed by atoms with van der Waals surface area (Å²) in [6.07, 6.45) is 8.61. The molecule has 11 heavy (non-hydrogen) atoms. The van der Waals surface area contributed by atoms with Crippen LogP contribution in [0.1, 0.15) is 44.9 Å². The van der Waals surface area contributed by atoms with E-state index in [1.165, 1.54) is 38.5 Å². The Bertz CT molecular complexity index is 221. The van der Waals surface area contributed by atoms with Crippen LogP contribution in [0.3, 0.4) is 0 Å². The lowest BCUT2D eigenvalue weighted by Crippen LogP contribution is -2.65. The molecular weight excluding hydrogens is 136 g/mol. The first-order valence-electron chi connectivity index (χ1n) is 4.83. The molecule has 0 aromatic heterocycles. The molecule has 3 aliphatic carbocycles. The van der Waals surface area contributed by atoms with Gasteiger partial charge in [0.15, 0.2) is 0 Å². The van der Waals surface area contributed by atoms with Gasteiger partial charge < -0.3 is 0 Å². The van der Waals surface area contributed by atoms with Gasteiger partial charge in [0, 0.05) is 11.8 Å². The van der Waals surface area contributed by atoms with E-state index in [-0.39, 0.29) is 5.41 Å². The predicted octanol–water partition coefficient (Wildman–Crippen LogP) is 2.30. The molecule has 3 rings (SSSR count). The summed E-state index contributed by atoms with van der Waals surface area (Å²) >= 11 is 0. The molecule has 0 spiro atoms. The average Bonchev–Trinajstić information content (AvgIpc) is 1.95. The molecule has 1 nitrogen and oxygen atoms in total. The second kappa shape index (κ2) is 1.55. The van der Waals surface area contributed by atoms with Crippen LogP contribution in [0.5, 0.6) is 0 Å². The van der Waals surface area contributed by atoms with Crippen LogP contribution in [0.4, 0.5) is 0 Å². The zero-order chi connectivity index (χ0) is 7.53. The second-order valence-corrected chi connectivity index (χ2v) is 4.64. The van der Waals surface area contributed by atoms with Crippen LogP contribution in [0, 0.1) is 10.8 Å². The van der Waals surface area contributed by atoms with Crippen molar-refractivity contribution in [3.8, 4) is 0 Å². The molecule has 0 saturated heterocycles. The molecule has 0 amide bonds. The third-order valence-corrected chi connectivity index (χ3v) is 4.67. The molecule has 0 N–H and O–H groups in total. The predicted molar refractivity (Wildman–Crippen MR) is 42.2 cm³/mol. The van der Waals surface area contributed by atoms with Crippen molar-refractivity contribution in [2.75, 3.05) is 0 Å². The quantitative estimate of drug-likeness (QED) is 0.518. The third kappa shape index (κ3) is 0.447. The van der Waals surface area contributed by atoms with Crippen LogP contribution in [0.2, 0.25) is 0 Å². The third-order valence-electron chi connectivity index (χ3n) is 4.67.